The van der Waals surface area contributed by atoms with Gasteiger partial charge in [0.1, 0.15) is 0 Å². The van der Waals surface area contributed by atoms with Gasteiger partial charge in [0.05, 0.1) is 18.4 Å². The molecule has 0 spiro atoms. The molecule has 0 radical (unpaired) electrons. The Morgan fingerprint density at radius 3 is 2.95 bits per heavy atom. The maximum atomic E-state index is 12.1. The van der Waals surface area contributed by atoms with Crippen molar-refractivity contribution in [2.24, 2.45) is 0 Å². The van der Waals surface area contributed by atoms with E-state index in [0.717, 1.165) is 37.1 Å². The largest absolute Gasteiger partial charge is 0.465 e. The molecule has 2 N–H and O–H groups in total. The number of aromatic amines is 1. The highest BCUT2D eigenvalue weighted by Gasteiger charge is 2.20. The van der Waals surface area contributed by atoms with Crippen LogP contribution >= 0.6 is 0 Å². The van der Waals surface area contributed by atoms with E-state index in [1.807, 2.05) is 24.3 Å². The molecule has 0 atom stereocenters. The van der Waals surface area contributed by atoms with Crippen LogP contribution in [-0.4, -0.2) is 31.2 Å². The lowest BCUT2D eigenvalue weighted by molar-refractivity contribution is -0.133. The second-order valence-corrected chi connectivity index (χ2v) is 4.92. The third kappa shape index (κ3) is 2.23. The monoisotopic (exact) mass is 270 g/mol. The van der Waals surface area contributed by atoms with Crippen molar-refractivity contribution in [2.75, 3.05) is 20.2 Å². The molecular weight excluding hydrogens is 252 g/mol. The van der Waals surface area contributed by atoms with Gasteiger partial charge in [-0.05, 0) is 37.6 Å². The lowest BCUT2D eigenvalue weighted by Gasteiger charge is -2.06. The molecule has 0 aliphatic carbocycles. The summed E-state index contributed by atoms with van der Waals surface area (Å²) in [6.45, 7) is 1.79. The van der Waals surface area contributed by atoms with E-state index in [-0.39, 0.29) is 5.97 Å². The second-order valence-electron chi connectivity index (χ2n) is 4.92. The van der Waals surface area contributed by atoms with Crippen molar-refractivity contribution >= 4 is 22.4 Å². The zero-order chi connectivity index (χ0) is 13.9. The van der Waals surface area contributed by atoms with Gasteiger partial charge in [-0.1, -0.05) is 24.3 Å². The third-order valence-electron chi connectivity index (χ3n) is 3.71. The van der Waals surface area contributed by atoms with E-state index in [1.165, 1.54) is 18.1 Å². The molecule has 1 aliphatic heterocycles. The minimum atomic E-state index is -0.278. The van der Waals surface area contributed by atoms with E-state index in [9.17, 15) is 4.79 Å². The number of aromatic nitrogens is 1. The van der Waals surface area contributed by atoms with Crippen LogP contribution in [0.25, 0.3) is 16.5 Å². The fourth-order valence-corrected chi connectivity index (χ4v) is 2.74. The van der Waals surface area contributed by atoms with Gasteiger partial charge in [0.25, 0.3) is 0 Å². The van der Waals surface area contributed by atoms with Crippen LogP contribution in [0, 0.1) is 0 Å². The number of carbonyl (C=O) groups is 1. The molecular formula is C16H18N2O2. The number of ether oxygens (including phenoxy) is 1. The highest BCUT2D eigenvalue weighted by atomic mass is 16.5. The maximum absolute atomic E-state index is 12.1. The second kappa shape index (κ2) is 5.51. The molecule has 0 unspecified atom stereocenters. The minimum Gasteiger partial charge on any atom is -0.465 e. The molecule has 0 amide bonds. The summed E-state index contributed by atoms with van der Waals surface area (Å²) in [6, 6.07) is 8.16. The summed E-state index contributed by atoms with van der Waals surface area (Å²) in [5.74, 6) is -0.278. The van der Waals surface area contributed by atoms with Gasteiger partial charge in [0.2, 0.25) is 0 Å². The molecule has 4 nitrogen and oxygen atoms in total. The topological polar surface area (TPSA) is 54.1 Å². The highest BCUT2D eigenvalue weighted by molar-refractivity contribution is 6.17. The lowest BCUT2D eigenvalue weighted by atomic mass is 10.0. The summed E-state index contributed by atoms with van der Waals surface area (Å²) in [4.78, 5) is 15.4. The first-order valence-electron chi connectivity index (χ1n) is 6.90. The van der Waals surface area contributed by atoms with Crippen LogP contribution in [0.1, 0.15) is 17.7 Å². The van der Waals surface area contributed by atoms with Crippen LogP contribution in [0.5, 0.6) is 0 Å². The average Bonchev–Trinajstić information content (AvgIpc) is 2.87. The fraction of sp³-hybridized carbons (Fsp3) is 0.312. The van der Waals surface area contributed by atoms with Crippen LogP contribution in [0.3, 0.4) is 0 Å². The lowest BCUT2D eigenvalue weighted by Crippen LogP contribution is -2.17. The van der Waals surface area contributed by atoms with Crippen molar-refractivity contribution in [3.8, 4) is 0 Å². The van der Waals surface area contributed by atoms with E-state index >= 15 is 0 Å². The zero-order valence-electron chi connectivity index (χ0n) is 11.5. The van der Waals surface area contributed by atoms with Gasteiger partial charge >= 0.3 is 5.97 Å². The smallest absolute Gasteiger partial charge is 0.339 e. The molecule has 1 aromatic carbocycles. The Morgan fingerprint density at radius 1 is 1.25 bits per heavy atom. The Hall–Kier alpha value is -2.07. The van der Waals surface area contributed by atoms with Crippen molar-refractivity contribution < 1.29 is 9.53 Å². The normalized spacial score (nSPS) is 18.4. The number of hydrogen-bond donors (Lipinski definition) is 2. The first-order valence-corrected chi connectivity index (χ1v) is 6.90. The number of hydrogen-bond acceptors (Lipinski definition) is 3. The number of para-hydroxylation sites is 1. The summed E-state index contributed by atoms with van der Waals surface area (Å²) >= 11 is 0. The van der Waals surface area contributed by atoms with E-state index in [4.69, 9.17) is 4.74 Å². The Labute approximate surface area is 117 Å². The third-order valence-corrected chi connectivity index (χ3v) is 3.71. The Kier molecular flexibility index (Phi) is 3.56. The van der Waals surface area contributed by atoms with Gasteiger partial charge < -0.3 is 15.0 Å². The van der Waals surface area contributed by atoms with Crippen molar-refractivity contribution in [3.05, 3.63) is 41.6 Å². The van der Waals surface area contributed by atoms with E-state index in [1.54, 1.807) is 0 Å². The number of carbonyl (C=O) groups excluding carboxylic acids is 1. The molecule has 4 heteroatoms. The van der Waals surface area contributed by atoms with Gasteiger partial charge in [0, 0.05) is 10.9 Å². The molecule has 2 heterocycles. The van der Waals surface area contributed by atoms with Crippen LogP contribution in [0.2, 0.25) is 0 Å². The van der Waals surface area contributed by atoms with Crippen LogP contribution < -0.4 is 5.32 Å². The van der Waals surface area contributed by atoms with Gasteiger partial charge in [-0.2, -0.15) is 0 Å². The summed E-state index contributed by atoms with van der Waals surface area (Å²) in [5, 5.41) is 4.57. The molecule has 0 bridgehead atoms. The number of fused-ring (bicyclic) bond motifs is 3. The zero-order valence-corrected chi connectivity index (χ0v) is 11.5. The van der Waals surface area contributed by atoms with E-state index < -0.39 is 0 Å². The standard InChI is InChI=1S/C16H18N2O2/c1-20-16(19)13-6-4-9-17-10-8-12-11-5-2-3-7-14(11)18-15(12)13/h2-3,5-7,17-18H,4,8-10H2,1H3/b13-6+. The quantitative estimate of drug-likeness (QED) is 0.782. The molecule has 1 aromatic heterocycles. The predicted molar refractivity (Wildman–Crippen MR) is 79.5 cm³/mol. The fourth-order valence-electron chi connectivity index (χ4n) is 2.74. The molecule has 0 fully saturated rings. The average molecular weight is 270 g/mol. The molecule has 2 aromatic rings. The summed E-state index contributed by atoms with van der Waals surface area (Å²) in [6.07, 6.45) is 3.67. The summed E-state index contributed by atoms with van der Waals surface area (Å²) in [5.41, 5.74) is 3.80. The van der Waals surface area contributed by atoms with Crippen molar-refractivity contribution in [1.82, 2.24) is 10.3 Å². The molecule has 0 saturated carbocycles. The van der Waals surface area contributed by atoms with Gasteiger partial charge in [-0.3, -0.25) is 0 Å². The number of rotatable bonds is 1. The van der Waals surface area contributed by atoms with Crippen molar-refractivity contribution in [1.29, 1.82) is 0 Å². The van der Waals surface area contributed by atoms with Crippen molar-refractivity contribution in [2.45, 2.75) is 12.8 Å². The summed E-state index contributed by atoms with van der Waals surface area (Å²) in [7, 11) is 1.43. The van der Waals surface area contributed by atoms with Crippen LogP contribution in [0.4, 0.5) is 0 Å². The van der Waals surface area contributed by atoms with E-state index in [0.29, 0.717) is 5.57 Å². The molecule has 104 valence electrons. The maximum Gasteiger partial charge on any atom is 0.339 e. The van der Waals surface area contributed by atoms with Gasteiger partial charge in [-0.25, -0.2) is 4.79 Å². The first kappa shape index (κ1) is 12.9. The number of H-pyrrole nitrogens is 1. The SMILES string of the molecule is COC(=O)/C1=C/CCNCCc2c1[nH]c1ccccc21. The minimum absolute atomic E-state index is 0.278. The van der Waals surface area contributed by atoms with Crippen LogP contribution in [0.15, 0.2) is 30.3 Å². The number of esters is 1. The highest BCUT2D eigenvalue weighted by Crippen LogP contribution is 2.29. The van der Waals surface area contributed by atoms with Crippen LogP contribution in [-0.2, 0) is 16.0 Å². The first-order chi connectivity index (χ1) is 9.81. The Morgan fingerprint density at radius 2 is 2.10 bits per heavy atom. The molecule has 3 rings (SSSR count). The van der Waals surface area contributed by atoms with E-state index in [2.05, 4.69) is 16.4 Å². The number of nitrogens with one attached hydrogen (secondary N) is 2. The predicted octanol–water partition coefficient (Wildman–Crippen LogP) is 2.26. The molecule has 1 aliphatic rings. The van der Waals surface area contributed by atoms with Gasteiger partial charge in [-0.15, -0.1) is 0 Å². The Bertz CT molecular complexity index is 670. The number of benzene rings is 1. The molecule has 0 saturated heterocycles. The summed E-state index contributed by atoms with van der Waals surface area (Å²) < 4.78 is 4.93. The Balaban J connectivity index is 2.20. The molecule has 20 heavy (non-hydrogen) atoms. The number of methoxy groups -OCH3 is 1. The van der Waals surface area contributed by atoms with Crippen molar-refractivity contribution in [3.63, 3.8) is 0 Å². The van der Waals surface area contributed by atoms with Gasteiger partial charge in [0.15, 0.2) is 0 Å².